The SMILES string of the molecule is C/C=C/O.NC(N)=O. The van der Waals surface area contributed by atoms with Gasteiger partial charge in [0.25, 0.3) is 0 Å². The molecule has 0 bridgehead atoms. The Hall–Kier alpha value is -1.19. The Bertz CT molecular complexity index is 72.1. The maximum atomic E-state index is 9.00. The van der Waals surface area contributed by atoms with Gasteiger partial charge in [0, 0.05) is 0 Å². The molecule has 0 saturated heterocycles. The Balaban J connectivity index is 0. The van der Waals surface area contributed by atoms with Crippen LogP contribution >= 0.6 is 0 Å². The molecule has 0 fully saturated rings. The minimum atomic E-state index is -0.833. The number of carbonyl (C=O) groups is 1. The van der Waals surface area contributed by atoms with Gasteiger partial charge in [-0.25, -0.2) is 4.79 Å². The van der Waals surface area contributed by atoms with E-state index in [9.17, 15) is 0 Å². The number of aliphatic hydroxyl groups excluding tert-OH is 1. The average Bonchev–Trinajstić information content (AvgIpc) is 1.65. The summed E-state index contributed by atoms with van der Waals surface area (Å²) in [5.41, 5.74) is 8.50. The number of rotatable bonds is 0. The first-order chi connectivity index (χ1) is 3.65. The molecule has 0 aromatic rings. The van der Waals surface area contributed by atoms with Crippen molar-refractivity contribution in [1.29, 1.82) is 0 Å². The second kappa shape index (κ2) is 9.26. The third-order valence-electron chi connectivity index (χ3n) is 0.149. The molecule has 8 heavy (non-hydrogen) atoms. The van der Waals surface area contributed by atoms with E-state index in [0.717, 1.165) is 6.26 Å². The van der Waals surface area contributed by atoms with E-state index in [4.69, 9.17) is 9.90 Å². The number of primary amides is 2. The lowest BCUT2D eigenvalue weighted by atomic mass is 10.8. The molecule has 0 aromatic carbocycles. The number of hydrogen-bond acceptors (Lipinski definition) is 2. The minimum Gasteiger partial charge on any atom is -0.516 e. The summed E-state index contributed by atoms with van der Waals surface area (Å²) in [6, 6.07) is -0.833. The van der Waals surface area contributed by atoms with Gasteiger partial charge in [0.2, 0.25) is 0 Å². The Morgan fingerprint density at radius 2 is 1.75 bits per heavy atom. The van der Waals surface area contributed by atoms with E-state index in [-0.39, 0.29) is 0 Å². The highest BCUT2D eigenvalue weighted by atomic mass is 16.2. The van der Waals surface area contributed by atoms with E-state index in [1.807, 2.05) is 0 Å². The van der Waals surface area contributed by atoms with Gasteiger partial charge in [0.1, 0.15) is 0 Å². The third-order valence-corrected chi connectivity index (χ3v) is 0.149. The standard InChI is InChI=1S/C3H6O.CH4N2O/c1-2-3-4;2-1(3)4/h2-4H,1H3;(H4,2,3,4)/b3-2+;. The molecule has 0 aliphatic heterocycles. The number of amides is 2. The van der Waals surface area contributed by atoms with E-state index in [2.05, 4.69) is 11.5 Å². The van der Waals surface area contributed by atoms with Gasteiger partial charge < -0.3 is 16.6 Å². The average molecular weight is 118 g/mol. The molecule has 5 N–H and O–H groups in total. The number of hydrogen-bond donors (Lipinski definition) is 3. The molecule has 0 spiro atoms. The van der Waals surface area contributed by atoms with Crippen LogP contribution in [0.15, 0.2) is 12.3 Å². The smallest absolute Gasteiger partial charge is 0.309 e. The number of carbonyl (C=O) groups excluding carboxylic acids is 1. The van der Waals surface area contributed by atoms with Crippen LogP contribution < -0.4 is 11.5 Å². The van der Waals surface area contributed by atoms with Crippen LogP contribution in [0.5, 0.6) is 0 Å². The normalized spacial score (nSPS) is 7.62. The fourth-order valence-electron chi connectivity index (χ4n) is 0. The summed E-state index contributed by atoms with van der Waals surface area (Å²) in [5.74, 6) is 0. The molecule has 0 aliphatic carbocycles. The van der Waals surface area contributed by atoms with Crippen LogP contribution in [0.3, 0.4) is 0 Å². The Kier molecular flexibility index (Phi) is 11.5. The van der Waals surface area contributed by atoms with Crippen molar-refractivity contribution in [3.05, 3.63) is 12.3 Å². The first-order valence-corrected chi connectivity index (χ1v) is 1.95. The van der Waals surface area contributed by atoms with Crippen LogP contribution in [0, 0.1) is 0 Å². The van der Waals surface area contributed by atoms with Crippen LogP contribution in [-0.4, -0.2) is 11.1 Å². The van der Waals surface area contributed by atoms with Gasteiger partial charge in [-0.1, -0.05) is 6.08 Å². The first kappa shape index (κ1) is 9.94. The van der Waals surface area contributed by atoms with Crippen molar-refractivity contribution in [3.63, 3.8) is 0 Å². The molecule has 0 saturated carbocycles. The molecule has 0 unspecified atom stereocenters. The molecular formula is C4H10N2O2. The summed E-state index contributed by atoms with van der Waals surface area (Å²) < 4.78 is 0. The maximum Gasteiger partial charge on any atom is 0.309 e. The van der Waals surface area contributed by atoms with Crippen molar-refractivity contribution in [2.75, 3.05) is 0 Å². The predicted octanol–water partition coefficient (Wildman–Crippen LogP) is 0.102. The summed E-state index contributed by atoms with van der Waals surface area (Å²) in [6.45, 7) is 1.75. The lowest BCUT2D eigenvalue weighted by Crippen LogP contribution is -2.18. The molecule has 4 nitrogen and oxygen atoms in total. The second-order valence-corrected chi connectivity index (χ2v) is 0.885. The highest BCUT2D eigenvalue weighted by Gasteiger charge is 1.60. The largest absolute Gasteiger partial charge is 0.516 e. The molecule has 0 aliphatic rings. The molecule has 4 heteroatoms. The zero-order chi connectivity index (χ0) is 6.99. The molecule has 2 amide bonds. The van der Waals surface area contributed by atoms with Crippen LogP contribution in [-0.2, 0) is 0 Å². The summed E-state index contributed by atoms with van der Waals surface area (Å²) >= 11 is 0. The first-order valence-electron chi connectivity index (χ1n) is 1.95. The highest BCUT2D eigenvalue weighted by molar-refractivity contribution is 5.69. The molecular weight excluding hydrogens is 108 g/mol. The monoisotopic (exact) mass is 118 g/mol. The number of allylic oxidation sites excluding steroid dienone is 1. The summed E-state index contributed by atoms with van der Waals surface area (Å²) in [6.07, 6.45) is 2.56. The fourth-order valence-corrected chi connectivity index (χ4v) is 0. The minimum absolute atomic E-state index is 0.833. The lowest BCUT2D eigenvalue weighted by molar-refractivity contribution is 0.256. The Morgan fingerprint density at radius 1 is 1.62 bits per heavy atom. The second-order valence-electron chi connectivity index (χ2n) is 0.885. The van der Waals surface area contributed by atoms with Crippen molar-refractivity contribution < 1.29 is 9.90 Å². The van der Waals surface area contributed by atoms with E-state index in [1.54, 1.807) is 13.0 Å². The van der Waals surface area contributed by atoms with Crippen LogP contribution in [0.4, 0.5) is 4.79 Å². The molecule has 0 radical (unpaired) electrons. The van der Waals surface area contributed by atoms with E-state index >= 15 is 0 Å². The maximum absolute atomic E-state index is 9.00. The summed E-state index contributed by atoms with van der Waals surface area (Å²) in [4.78, 5) is 9.00. The van der Waals surface area contributed by atoms with Gasteiger partial charge in [-0.2, -0.15) is 0 Å². The van der Waals surface area contributed by atoms with Crippen LogP contribution in [0.2, 0.25) is 0 Å². The zero-order valence-electron chi connectivity index (χ0n) is 4.66. The van der Waals surface area contributed by atoms with Crippen LogP contribution in [0.25, 0.3) is 0 Å². The van der Waals surface area contributed by atoms with Gasteiger partial charge in [-0.3, -0.25) is 0 Å². The summed E-state index contributed by atoms with van der Waals surface area (Å²) in [7, 11) is 0. The number of aliphatic hydroxyl groups is 1. The Labute approximate surface area is 47.8 Å². The van der Waals surface area contributed by atoms with Crippen molar-refractivity contribution in [3.8, 4) is 0 Å². The summed E-state index contributed by atoms with van der Waals surface area (Å²) in [5, 5.41) is 7.69. The lowest BCUT2D eigenvalue weighted by Gasteiger charge is -1.62. The van der Waals surface area contributed by atoms with Gasteiger partial charge in [-0.05, 0) is 6.92 Å². The van der Waals surface area contributed by atoms with Crippen molar-refractivity contribution in [2.45, 2.75) is 6.92 Å². The molecule has 0 aromatic heterocycles. The predicted molar refractivity (Wildman–Crippen MR) is 31.2 cm³/mol. The van der Waals surface area contributed by atoms with Crippen molar-refractivity contribution in [2.24, 2.45) is 11.5 Å². The zero-order valence-corrected chi connectivity index (χ0v) is 4.66. The molecule has 0 atom stereocenters. The van der Waals surface area contributed by atoms with Gasteiger partial charge in [0.15, 0.2) is 0 Å². The quantitative estimate of drug-likeness (QED) is 0.394. The van der Waals surface area contributed by atoms with Gasteiger partial charge >= 0.3 is 6.03 Å². The number of urea groups is 1. The van der Waals surface area contributed by atoms with E-state index < -0.39 is 6.03 Å². The van der Waals surface area contributed by atoms with Crippen LogP contribution in [0.1, 0.15) is 6.92 Å². The van der Waals surface area contributed by atoms with Crippen molar-refractivity contribution in [1.82, 2.24) is 0 Å². The molecule has 0 heterocycles. The topological polar surface area (TPSA) is 89.3 Å². The third kappa shape index (κ3) is 1930. The Morgan fingerprint density at radius 3 is 1.75 bits per heavy atom. The van der Waals surface area contributed by atoms with E-state index in [1.165, 1.54) is 0 Å². The van der Waals surface area contributed by atoms with Gasteiger partial charge in [0.05, 0.1) is 6.26 Å². The number of nitrogens with two attached hydrogens (primary N) is 2. The fraction of sp³-hybridized carbons (Fsp3) is 0.250. The molecule has 48 valence electrons. The van der Waals surface area contributed by atoms with Crippen molar-refractivity contribution >= 4 is 6.03 Å². The van der Waals surface area contributed by atoms with Gasteiger partial charge in [-0.15, -0.1) is 0 Å². The molecule has 0 rings (SSSR count). The van der Waals surface area contributed by atoms with E-state index in [0.29, 0.717) is 0 Å². The highest BCUT2D eigenvalue weighted by Crippen LogP contribution is 1.51.